The summed E-state index contributed by atoms with van der Waals surface area (Å²) in [5, 5.41) is 0.503. The quantitative estimate of drug-likeness (QED) is 0.685. The highest BCUT2D eigenvalue weighted by Crippen LogP contribution is 2.31. The Bertz CT molecular complexity index is 324. The van der Waals surface area contributed by atoms with Gasteiger partial charge in [0.2, 0.25) is 0 Å². The lowest BCUT2D eigenvalue weighted by Gasteiger charge is -2.26. The van der Waals surface area contributed by atoms with Crippen molar-refractivity contribution in [2.24, 2.45) is 5.41 Å². The van der Waals surface area contributed by atoms with Crippen LogP contribution in [0.5, 0.6) is 0 Å². The van der Waals surface area contributed by atoms with Crippen LogP contribution in [0, 0.1) is 11.2 Å². The van der Waals surface area contributed by atoms with Crippen LogP contribution < -0.4 is 0 Å². The number of halogens is 3. The second kappa shape index (κ2) is 4.84. The summed E-state index contributed by atoms with van der Waals surface area (Å²) in [6.45, 7) is 6.34. The molecule has 0 saturated carbocycles. The van der Waals surface area contributed by atoms with E-state index in [9.17, 15) is 4.39 Å². The normalized spacial score (nSPS) is 14.0. The third-order valence-corrected chi connectivity index (χ3v) is 4.44. The van der Waals surface area contributed by atoms with E-state index < -0.39 is 0 Å². The van der Waals surface area contributed by atoms with Crippen molar-refractivity contribution < 1.29 is 4.39 Å². The zero-order valence-electron chi connectivity index (χ0n) is 9.15. The smallest absolute Gasteiger partial charge is 0.127 e. The number of rotatable bonds is 2. The highest BCUT2D eigenvalue weighted by atomic mass is 79.9. The Kier molecular flexibility index (Phi) is 4.19. The largest absolute Gasteiger partial charge is 0.207 e. The summed E-state index contributed by atoms with van der Waals surface area (Å²) in [7, 11) is 0. The van der Waals surface area contributed by atoms with Gasteiger partial charge in [0.25, 0.3) is 0 Å². The lowest BCUT2D eigenvalue weighted by atomic mass is 9.88. The Balaban J connectivity index is 2.90. The average Bonchev–Trinajstić information content (AvgIpc) is 2.09. The molecule has 0 spiro atoms. The third kappa shape index (κ3) is 3.46. The maximum absolute atomic E-state index is 13.5. The van der Waals surface area contributed by atoms with Crippen molar-refractivity contribution >= 4 is 27.5 Å². The number of alkyl halides is 1. The molecule has 0 aromatic heterocycles. The van der Waals surface area contributed by atoms with Crippen LogP contribution in [0.2, 0.25) is 5.02 Å². The van der Waals surface area contributed by atoms with Crippen molar-refractivity contribution in [3.8, 4) is 0 Å². The van der Waals surface area contributed by atoms with Crippen molar-refractivity contribution in [3.63, 3.8) is 0 Å². The van der Waals surface area contributed by atoms with Gasteiger partial charge < -0.3 is 0 Å². The van der Waals surface area contributed by atoms with Gasteiger partial charge in [-0.1, -0.05) is 54.4 Å². The van der Waals surface area contributed by atoms with Gasteiger partial charge in [0, 0.05) is 15.4 Å². The number of hydrogen-bond acceptors (Lipinski definition) is 0. The average molecular weight is 294 g/mol. The van der Waals surface area contributed by atoms with E-state index in [-0.39, 0.29) is 16.1 Å². The molecular formula is C12H15BrClF. The van der Waals surface area contributed by atoms with Gasteiger partial charge in [-0.25, -0.2) is 4.39 Å². The molecule has 0 fully saturated rings. The van der Waals surface area contributed by atoms with E-state index in [0.29, 0.717) is 17.0 Å². The summed E-state index contributed by atoms with van der Waals surface area (Å²) in [6, 6.07) is 4.80. The molecule has 1 aromatic rings. The molecule has 0 heterocycles. The van der Waals surface area contributed by atoms with E-state index in [2.05, 4.69) is 36.7 Å². The first kappa shape index (κ1) is 13.0. The Morgan fingerprint density at radius 3 is 2.47 bits per heavy atom. The standard InChI is InChI=1S/C12H15BrClF/c1-12(2,3)11(13)7-8-9(14)5-4-6-10(8)15/h4-6,11H,7H2,1-3H3. The topological polar surface area (TPSA) is 0 Å². The van der Waals surface area contributed by atoms with Gasteiger partial charge in [-0.2, -0.15) is 0 Å². The molecule has 0 aliphatic rings. The van der Waals surface area contributed by atoms with Crippen molar-refractivity contribution in [1.29, 1.82) is 0 Å². The molecule has 0 aliphatic heterocycles. The fourth-order valence-corrected chi connectivity index (χ4v) is 1.78. The first-order valence-electron chi connectivity index (χ1n) is 4.89. The Labute approximate surface area is 104 Å². The fraction of sp³-hybridized carbons (Fsp3) is 0.500. The van der Waals surface area contributed by atoms with Crippen LogP contribution in [-0.2, 0) is 6.42 Å². The maximum Gasteiger partial charge on any atom is 0.127 e. The second-order valence-corrected chi connectivity index (χ2v) is 6.25. The van der Waals surface area contributed by atoms with E-state index in [1.165, 1.54) is 6.07 Å². The summed E-state index contributed by atoms with van der Waals surface area (Å²) in [5.41, 5.74) is 0.682. The van der Waals surface area contributed by atoms with Gasteiger partial charge in [0.1, 0.15) is 5.82 Å². The maximum atomic E-state index is 13.5. The van der Waals surface area contributed by atoms with E-state index >= 15 is 0 Å². The third-order valence-electron chi connectivity index (χ3n) is 2.38. The van der Waals surface area contributed by atoms with Crippen LogP contribution in [0.3, 0.4) is 0 Å². The van der Waals surface area contributed by atoms with E-state index in [0.717, 1.165) is 0 Å². The summed E-state index contributed by atoms with van der Waals surface area (Å²) in [4.78, 5) is 0.208. The van der Waals surface area contributed by atoms with Gasteiger partial charge in [0.05, 0.1) is 0 Å². The SMILES string of the molecule is CC(C)(C)C(Br)Cc1c(F)cccc1Cl. The van der Waals surface area contributed by atoms with Crippen LogP contribution in [0.1, 0.15) is 26.3 Å². The van der Waals surface area contributed by atoms with E-state index in [4.69, 9.17) is 11.6 Å². The van der Waals surface area contributed by atoms with Crippen LogP contribution in [0.25, 0.3) is 0 Å². The summed E-state index contributed by atoms with van der Waals surface area (Å²) in [6.07, 6.45) is 0.606. The minimum absolute atomic E-state index is 0.0889. The molecule has 1 rings (SSSR count). The molecular weight excluding hydrogens is 278 g/mol. The van der Waals surface area contributed by atoms with Crippen LogP contribution in [-0.4, -0.2) is 4.83 Å². The highest BCUT2D eigenvalue weighted by Gasteiger charge is 2.23. The van der Waals surface area contributed by atoms with Crippen molar-refractivity contribution in [1.82, 2.24) is 0 Å². The Morgan fingerprint density at radius 2 is 2.00 bits per heavy atom. The van der Waals surface area contributed by atoms with E-state index in [1.807, 2.05) is 0 Å². The molecule has 15 heavy (non-hydrogen) atoms. The lowest BCUT2D eigenvalue weighted by Crippen LogP contribution is -2.23. The molecule has 84 valence electrons. The number of hydrogen-bond donors (Lipinski definition) is 0. The van der Waals surface area contributed by atoms with Crippen molar-refractivity contribution in [2.45, 2.75) is 32.0 Å². The van der Waals surface area contributed by atoms with Crippen LogP contribution in [0.15, 0.2) is 18.2 Å². The summed E-state index contributed by atoms with van der Waals surface area (Å²) in [5.74, 6) is -0.226. The predicted molar refractivity (Wildman–Crippen MR) is 67.3 cm³/mol. The lowest BCUT2D eigenvalue weighted by molar-refractivity contribution is 0.395. The van der Waals surface area contributed by atoms with E-state index in [1.54, 1.807) is 12.1 Å². The van der Waals surface area contributed by atoms with Crippen molar-refractivity contribution in [2.75, 3.05) is 0 Å². The summed E-state index contributed by atoms with van der Waals surface area (Å²) < 4.78 is 13.5. The minimum atomic E-state index is -0.226. The predicted octanol–water partition coefficient (Wildman–Crippen LogP) is 4.83. The highest BCUT2D eigenvalue weighted by molar-refractivity contribution is 9.09. The van der Waals surface area contributed by atoms with Gasteiger partial charge in [-0.05, 0) is 24.0 Å². The second-order valence-electron chi connectivity index (χ2n) is 4.74. The monoisotopic (exact) mass is 292 g/mol. The van der Waals surface area contributed by atoms with Gasteiger partial charge >= 0.3 is 0 Å². The zero-order valence-corrected chi connectivity index (χ0v) is 11.5. The molecule has 0 amide bonds. The van der Waals surface area contributed by atoms with Crippen molar-refractivity contribution in [3.05, 3.63) is 34.6 Å². The Hall–Kier alpha value is -0.0800. The van der Waals surface area contributed by atoms with Crippen LogP contribution in [0.4, 0.5) is 4.39 Å². The molecule has 0 radical (unpaired) electrons. The summed E-state index contributed by atoms with van der Waals surface area (Å²) >= 11 is 9.54. The van der Waals surface area contributed by atoms with Gasteiger partial charge in [0.15, 0.2) is 0 Å². The minimum Gasteiger partial charge on any atom is -0.207 e. The van der Waals surface area contributed by atoms with Gasteiger partial charge in [-0.15, -0.1) is 0 Å². The molecule has 1 aromatic carbocycles. The molecule has 0 bridgehead atoms. The molecule has 3 heteroatoms. The molecule has 0 nitrogen and oxygen atoms in total. The fourth-order valence-electron chi connectivity index (χ4n) is 1.21. The van der Waals surface area contributed by atoms with Crippen LogP contribution >= 0.6 is 27.5 Å². The zero-order chi connectivity index (χ0) is 11.6. The first-order valence-corrected chi connectivity index (χ1v) is 6.18. The molecule has 0 N–H and O–H groups in total. The van der Waals surface area contributed by atoms with Gasteiger partial charge in [-0.3, -0.25) is 0 Å². The molecule has 0 aliphatic carbocycles. The Morgan fingerprint density at radius 1 is 1.40 bits per heavy atom. The molecule has 1 atom stereocenters. The molecule has 0 saturated heterocycles. The number of benzene rings is 1. The first-order chi connectivity index (χ1) is 6.82. The molecule has 1 unspecified atom stereocenters.